The number of carbonyl (C=O) groups excluding carboxylic acids is 5. The smallest absolute Gasteiger partial charge is 0.312 e. The van der Waals surface area contributed by atoms with E-state index in [4.69, 9.17) is 33.8 Å². The van der Waals surface area contributed by atoms with Crippen LogP contribution in [0.5, 0.6) is 0 Å². The van der Waals surface area contributed by atoms with Crippen LogP contribution < -0.4 is 49.5 Å². The van der Waals surface area contributed by atoms with E-state index in [1.54, 1.807) is 0 Å². The van der Waals surface area contributed by atoms with Crippen LogP contribution in [0.2, 0.25) is 0 Å². The number of aliphatic carboxylic acids is 1. The molecule has 0 saturated carbocycles. The third-order valence-electron chi connectivity index (χ3n) is 6.70. The number of guanidine groups is 2. The van der Waals surface area contributed by atoms with Gasteiger partial charge in [-0.3, -0.25) is 30.0 Å². The largest absolute Gasteiger partial charge is 0.481 e. The maximum Gasteiger partial charge on any atom is 0.312 e. The van der Waals surface area contributed by atoms with E-state index in [-0.39, 0.29) is 89.5 Å². The summed E-state index contributed by atoms with van der Waals surface area (Å²) in [5, 5.41) is 46.9. The Kier molecular flexibility index (Phi) is 20.4. The fraction of sp³-hybridized carbons (Fsp3) is 0.692. The number of amides is 5. The van der Waals surface area contributed by atoms with Gasteiger partial charge in [-0.1, -0.05) is 0 Å². The highest BCUT2D eigenvalue weighted by Crippen LogP contribution is 2.18. The van der Waals surface area contributed by atoms with E-state index in [9.17, 15) is 39.0 Å². The van der Waals surface area contributed by atoms with Gasteiger partial charge in [-0.25, -0.2) is 9.59 Å². The highest BCUT2D eigenvalue weighted by Gasteiger charge is 2.31. The van der Waals surface area contributed by atoms with Crippen molar-refractivity contribution in [2.75, 3.05) is 26.2 Å². The lowest BCUT2D eigenvalue weighted by molar-refractivity contribution is -0.144. The van der Waals surface area contributed by atoms with Gasteiger partial charge >= 0.3 is 18.0 Å². The zero-order valence-electron chi connectivity index (χ0n) is 25.4. The summed E-state index contributed by atoms with van der Waals surface area (Å²) in [5.41, 5.74) is 20.6. The van der Waals surface area contributed by atoms with Crippen LogP contribution in [0.1, 0.15) is 64.2 Å². The van der Waals surface area contributed by atoms with Crippen LogP contribution in [0, 0.1) is 22.7 Å². The molecule has 0 heterocycles. The topological polar surface area (TPSA) is 355 Å². The SMILES string of the molecule is N=C(N)NCCC[C@H](NC(=O)[C@H](CCCNC(N)=O)CC(=O)[C@@H](O)CCCNC(=N)N)C(=O)C[C@@H](CCCNC(N)=O)C(=O)O. The number of primary amides is 2. The number of carboxylic acid groups (broad SMARTS) is 1. The van der Waals surface area contributed by atoms with Gasteiger partial charge in [0.2, 0.25) is 5.91 Å². The number of hydrogen-bond acceptors (Lipinski definition) is 9. The van der Waals surface area contributed by atoms with Gasteiger partial charge in [0, 0.05) is 44.9 Å². The Hall–Kier alpha value is -4.68. The summed E-state index contributed by atoms with van der Waals surface area (Å²) >= 11 is 0. The minimum absolute atomic E-state index is 0.0481. The van der Waals surface area contributed by atoms with Gasteiger partial charge in [-0.05, 0) is 51.4 Å². The van der Waals surface area contributed by atoms with E-state index in [1.807, 2.05) is 0 Å². The molecule has 0 spiro atoms. The van der Waals surface area contributed by atoms with E-state index in [0.29, 0.717) is 6.42 Å². The predicted octanol–water partition coefficient (Wildman–Crippen LogP) is -2.51. The van der Waals surface area contributed by atoms with Crippen molar-refractivity contribution < 1.29 is 39.0 Å². The van der Waals surface area contributed by atoms with Crippen LogP contribution in [-0.2, 0) is 19.2 Å². The van der Waals surface area contributed by atoms with E-state index in [2.05, 4.69) is 26.6 Å². The molecule has 0 radical (unpaired) electrons. The van der Waals surface area contributed by atoms with Crippen molar-refractivity contribution in [3.05, 3.63) is 0 Å². The minimum Gasteiger partial charge on any atom is -0.481 e. The zero-order valence-corrected chi connectivity index (χ0v) is 25.4. The molecule has 0 aliphatic carbocycles. The van der Waals surface area contributed by atoms with Crippen molar-refractivity contribution in [1.82, 2.24) is 26.6 Å². The zero-order chi connectivity index (χ0) is 34.4. The monoisotopic (exact) mass is 643 g/mol. The van der Waals surface area contributed by atoms with Crippen LogP contribution in [-0.4, -0.2) is 96.0 Å². The van der Waals surface area contributed by atoms with Crippen molar-refractivity contribution in [2.24, 2.45) is 34.8 Å². The number of rotatable bonds is 25. The number of ketones is 2. The van der Waals surface area contributed by atoms with E-state index < -0.39 is 65.9 Å². The van der Waals surface area contributed by atoms with Gasteiger partial charge in [0.05, 0.1) is 12.0 Å². The van der Waals surface area contributed by atoms with Gasteiger partial charge in [-0.2, -0.15) is 0 Å². The molecule has 0 unspecified atom stereocenters. The molecule has 19 nitrogen and oxygen atoms in total. The highest BCUT2D eigenvalue weighted by atomic mass is 16.4. The molecular weight excluding hydrogens is 594 g/mol. The Labute approximate surface area is 261 Å². The first-order valence-electron chi connectivity index (χ1n) is 14.6. The highest BCUT2D eigenvalue weighted by molar-refractivity contribution is 5.93. The van der Waals surface area contributed by atoms with E-state index in [0.717, 1.165) is 0 Å². The number of aliphatic hydroxyl groups is 1. The second-order valence-corrected chi connectivity index (χ2v) is 10.5. The van der Waals surface area contributed by atoms with Crippen molar-refractivity contribution in [1.29, 1.82) is 10.8 Å². The van der Waals surface area contributed by atoms with Gasteiger partial charge in [0.1, 0.15) is 6.10 Å². The van der Waals surface area contributed by atoms with E-state index >= 15 is 0 Å². The first kappa shape index (κ1) is 40.3. The van der Waals surface area contributed by atoms with Gasteiger partial charge in [0.15, 0.2) is 23.5 Å². The molecule has 0 aliphatic heterocycles. The molecule has 45 heavy (non-hydrogen) atoms. The number of Topliss-reactive ketones (excluding diaryl/α,β-unsaturated/α-hetero) is 2. The van der Waals surface area contributed by atoms with Gasteiger partial charge < -0.3 is 59.7 Å². The summed E-state index contributed by atoms with van der Waals surface area (Å²) in [6.07, 6.45) is -0.854. The van der Waals surface area contributed by atoms with Crippen LogP contribution in [0.4, 0.5) is 9.59 Å². The fourth-order valence-corrected chi connectivity index (χ4v) is 4.33. The average molecular weight is 644 g/mol. The molecule has 5 amide bonds. The molecule has 0 aromatic carbocycles. The Bertz CT molecular complexity index is 1030. The summed E-state index contributed by atoms with van der Waals surface area (Å²) in [6.45, 7) is 0.672. The second kappa shape index (κ2) is 22.8. The second-order valence-electron chi connectivity index (χ2n) is 10.5. The fourth-order valence-electron chi connectivity index (χ4n) is 4.33. The normalized spacial score (nSPS) is 13.3. The Morgan fingerprint density at radius 1 is 0.600 bits per heavy atom. The average Bonchev–Trinajstić information content (AvgIpc) is 2.94. The molecule has 0 aromatic heterocycles. The number of carboxylic acids is 1. The number of hydrogen-bond donors (Lipinski definition) is 13. The van der Waals surface area contributed by atoms with Crippen molar-refractivity contribution in [3.8, 4) is 0 Å². The van der Waals surface area contributed by atoms with E-state index in [1.165, 1.54) is 0 Å². The molecule has 17 N–H and O–H groups in total. The van der Waals surface area contributed by atoms with Crippen LogP contribution in [0.15, 0.2) is 0 Å². The predicted molar refractivity (Wildman–Crippen MR) is 164 cm³/mol. The number of carbonyl (C=O) groups is 6. The van der Waals surface area contributed by atoms with Crippen LogP contribution in [0.25, 0.3) is 0 Å². The Morgan fingerprint density at radius 2 is 1.02 bits per heavy atom. The molecule has 0 aliphatic rings. The third kappa shape index (κ3) is 20.8. The lowest BCUT2D eigenvalue weighted by atomic mass is 9.90. The number of nitrogens with two attached hydrogens (primary N) is 4. The first-order chi connectivity index (χ1) is 21.1. The number of nitrogens with one attached hydrogen (secondary N) is 7. The molecule has 4 atom stereocenters. The maximum absolute atomic E-state index is 13.4. The van der Waals surface area contributed by atoms with Crippen LogP contribution >= 0.6 is 0 Å². The molecular formula is C26H49N11O8. The molecule has 256 valence electrons. The first-order valence-corrected chi connectivity index (χ1v) is 14.6. The summed E-state index contributed by atoms with van der Waals surface area (Å²) in [6, 6.07) is -2.68. The van der Waals surface area contributed by atoms with Crippen molar-refractivity contribution >= 4 is 47.4 Å². The summed E-state index contributed by atoms with van der Waals surface area (Å²) < 4.78 is 0. The lowest BCUT2D eigenvalue weighted by Gasteiger charge is -2.24. The summed E-state index contributed by atoms with van der Waals surface area (Å²) in [7, 11) is 0. The quantitative estimate of drug-likeness (QED) is 0.0279. The molecule has 0 bridgehead atoms. The number of aliphatic hydroxyl groups excluding tert-OH is 1. The standard InChI is InChI=1S/C26H49N11O8/c27-23(28)33-9-3-7-17(19(39)14-16(22(42)43)6-2-12-36-26(32)45)37-21(41)15(5-1-11-35-25(31)44)13-20(40)18(38)8-4-10-34-24(29)30/h15-18,38H,1-14H2,(H,37,41)(H,42,43)(H4,27,28,33)(H4,29,30,34)(H3,31,35,44)(H3,32,36,45)/t15-,16-,17+,18+/m1/s1. The third-order valence-corrected chi connectivity index (χ3v) is 6.70. The molecule has 0 aromatic rings. The number of urea groups is 2. The molecule has 0 fully saturated rings. The minimum atomic E-state index is -1.40. The van der Waals surface area contributed by atoms with Crippen molar-refractivity contribution in [2.45, 2.75) is 76.4 Å². The molecule has 0 saturated heterocycles. The Balaban J connectivity index is 5.68. The van der Waals surface area contributed by atoms with Crippen LogP contribution in [0.3, 0.4) is 0 Å². The lowest BCUT2D eigenvalue weighted by Crippen LogP contribution is -2.46. The van der Waals surface area contributed by atoms with Crippen molar-refractivity contribution in [3.63, 3.8) is 0 Å². The summed E-state index contributed by atoms with van der Waals surface area (Å²) in [5.74, 6) is -5.76. The molecule has 19 heteroatoms. The Morgan fingerprint density at radius 3 is 1.49 bits per heavy atom. The summed E-state index contributed by atoms with van der Waals surface area (Å²) in [4.78, 5) is 73.3. The van der Waals surface area contributed by atoms with Gasteiger partial charge in [0.25, 0.3) is 0 Å². The molecule has 0 rings (SSSR count). The maximum atomic E-state index is 13.4. The van der Waals surface area contributed by atoms with Gasteiger partial charge in [-0.15, -0.1) is 0 Å².